The Bertz CT molecular complexity index is 728. The molecule has 2 aliphatic rings. The van der Waals surface area contributed by atoms with Gasteiger partial charge in [-0.05, 0) is 30.5 Å². The molecule has 5 heteroatoms. The molecule has 0 unspecified atom stereocenters. The minimum Gasteiger partial charge on any atom is -0.493 e. The molecule has 0 N–H and O–H groups in total. The molecule has 1 aliphatic carbocycles. The fourth-order valence-corrected chi connectivity index (χ4v) is 3.09. The molecule has 0 saturated heterocycles. The van der Waals surface area contributed by atoms with Gasteiger partial charge in [0.05, 0.1) is 13.2 Å². The first kappa shape index (κ1) is 12.1. The fourth-order valence-electron chi connectivity index (χ4n) is 2.83. The monoisotopic (exact) mass is 290 g/mol. The average Bonchev–Trinajstić information content (AvgIpc) is 3.04. The van der Waals surface area contributed by atoms with E-state index in [1.54, 1.807) is 4.57 Å². The zero-order valence-electron chi connectivity index (χ0n) is 11.0. The molecule has 4 nitrogen and oxygen atoms in total. The van der Waals surface area contributed by atoms with E-state index in [9.17, 15) is 4.79 Å². The Labute approximate surface area is 121 Å². The van der Waals surface area contributed by atoms with Gasteiger partial charge in [-0.15, -0.1) is 0 Å². The third kappa shape index (κ3) is 1.95. The van der Waals surface area contributed by atoms with Gasteiger partial charge < -0.3 is 4.74 Å². The van der Waals surface area contributed by atoms with Gasteiger partial charge in [0.25, 0.3) is 0 Å². The van der Waals surface area contributed by atoms with E-state index in [2.05, 4.69) is 0 Å². The fraction of sp³-hybridized carbons (Fsp3) is 0.400. The van der Waals surface area contributed by atoms with Crippen molar-refractivity contribution in [2.24, 2.45) is 0 Å². The maximum absolute atomic E-state index is 12.3. The molecule has 1 aromatic carbocycles. The lowest BCUT2D eigenvalue weighted by atomic mass is 10.1. The van der Waals surface area contributed by atoms with E-state index in [0.717, 1.165) is 36.1 Å². The van der Waals surface area contributed by atoms with Crippen molar-refractivity contribution in [1.82, 2.24) is 9.13 Å². The second-order valence-electron chi connectivity index (χ2n) is 5.50. The summed E-state index contributed by atoms with van der Waals surface area (Å²) >= 11 is 6.15. The number of fused-ring (bicyclic) bond motifs is 1. The van der Waals surface area contributed by atoms with Crippen LogP contribution < -0.4 is 10.4 Å². The number of rotatable bonds is 3. The van der Waals surface area contributed by atoms with Crippen molar-refractivity contribution in [2.45, 2.75) is 31.8 Å². The van der Waals surface area contributed by atoms with Gasteiger partial charge in [-0.3, -0.25) is 9.13 Å². The van der Waals surface area contributed by atoms with Crippen LogP contribution in [0.1, 0.15) is 30.0 Å². The molecule has 0 spiro atoms. The van der Waals surface area contributed by atoms with E-state index in [-0.39, 0.29) is 5.69 Å². The highest BCUT2D eigenvalue weighted by molar-refractivity contribution is 6.30. The summed E-state index contributed by atoms with van der Waals surface area (Å²) in [6.45, 7) is 1.21. The van der Waals surface area contributed by atoms with Gasteiger partial charge in [0.2, 0.25) is 0 Å². The molecule has 1 saturated carbocycles. The number of halogens is 1. The third-order valence-electron chi connectivity index (χ3n) is 3.98. The molecule has 4 rings (SSSR count). The predicted molar refractivity (Wildman–Crippen MR) is 76.7 cm³/mol. The highest BCUT2D eigenvalue weighted by Gasteiger charge is 2.26. The first-order valence-corrected chi connectivity index (χ1v) is 7.31. The lowest BCUT2D eigenvalue weighted by molar-refractivity contribution is 0.352. The molecular formula is C15H15ClN2O2. The number of ether oxygens (including phenoxy) is 1. The molecule has 2 aromatic rings. The van der Waals surface area contributed by atoms with Crippen LogP contribution in [0.2, 0.25) is 5.02 Å². The molecule has 0 atom stereocenters. The standard InChI is InChI=1S/C15H15ClN2O2/c16-12-7-10-3-6-20-14(10)11(8-12)9-17-4-5-18(15(17)19)13-1-2-13/h4-5,7-8,13H,1-3,6,9H2. The van der Waals surface area contributed by atoms with Crippen molar-refractivity contribution >= 4 is 11.6 Å². The number of imidazole rings is 1. The molecule has 0 bridgehead atoms. The lowest BCUT2D eigenvalue weighted by Gasteiger charge is -2.09. The second kappa shape index (κ2) is 4.42. The van der Waals surface area contributed by atoms with E-state index in [0.29, 0.717) is 24.2 Å². The predicted octanol–water partition coefficient (Wildman–Crippen LogP) is 2.62. The van der Waals surface area contributed by atoms with Crippen molar-refractivity contribution in [1.29, 1.82) is 0 Å². The zero-order chi connectivity index (χ0) is 13.7. The van der Waals surface area contributed by atoms with E-state index in [1.807, 2.05) is 29.1 Å². The van der Waals surface area contributed by atoms with Gasteiger partial charge in [0.15, 0.2) is 0 Å². The quantitative estimate of drug-likeness (QED) is 0.871. The Morgan fingerprint density at radius 2 is 2.15 bits per heavy atom. The summed E-state index contributed by atoms with van der Waals surface area (Å²) in [4.78, 5) is 12.3. The van der Waals surface area contributed by atoms with E-state index in [1.165, 1.54) is 0 Å². The Morgan fingerprint density at radius 3 is 2.95 bits per heavy atom. The van der Waals surface area contributed by atoms with Crippen LogP contribution in [0.4, 0.5) is 0 Å². The first-order valence-electron chi connectivity index (χ1n) is 6.94. The average molecular weight is 291 g/mol. The van der Waals surface area contributed by atoms with E-state index >= 15 is 0 Å². The molecule has 1 aliphatic heterocycles. The number of benzene rings is 1. The minimum absolute atomic E-state index is 0.0548. The van der Waals surface area contributed by atoms with Crippen LogP contribution >= 0.6 is 11.6 Å². The second-order valence-corrected chi connectivity index (χ2v) is 5.94. The van der Waals surface area contributed by atoms with Crippen molar-refractivity contribution in [3.63, 3.8) is 0 Å². The van der Waals surface area contributed by atoms with Crippen molar-refractivity contribution in [2.75, 3.05) is 6.61 Å². The van der Waals surface area contributed by atoms with Crippen molar-refractivity contribution in [3.05, 3.63) is 51.2 Å². The third-order valence-corrected chi connectivity index (χ3v) is 4.20. The number of hydrogen-bond donors (Lipinski definition) is 0. The SMILES string of the molecule is O=c1n(Cc2cc(Cl)cc3c2OCC3)ccn1C1CC1. The van der Waals surface area contributed by atoms with Gasteiger partial charge in [0.1, 0.15) is 5.75 Å². The van der Waals surface area contributed by atoms with Crippen molar-refractivity contribution < 1.29 is 4.74 Å². The van der Waals surface area contributed by atoms with E-state index < -0.39 is 0 Å². The van der Waals surface area contributed by atoms with Gasteiger partial charge in [-0.2, -0.15) is 0 Å². The normalized spacial score (nSPS) is 17.1. The van der Waals surface area contributed by atoms with Crippen LogP contribution in [0.25, 0.3) is 0 Å². The van der Waals surface area contributed by atoms with Gasteiger partial charge in [-0.25, -0.2) is 4.79 Å². The van der Waals surface area contributed by atoms with Crippen molar-refractivity contribution in [3.8, 4) is 5.75 Å². The summed E-state index contributed by atoms with van der Waals surface area (Å²) in [5, 5.41) is 0.707. The number of aromatic nitrogens is 2. The Morgan fingerprint density at radius 1 is 1.30 bits per heavy atom. The maximum atomic E-state index is 12.3. The maximum Gasteiger partial charge on any atom is 0.328 e. The van der Waals surface area contributed by atoms with Crippen LogP contribution in [-0.4, -0.2) is 15.7 Å². The summed E-state index contributed by atoms with van der Waals surface area (Å²) in [6.07, 6.45) is 6.84. The highest BCUT2D eigenvalue weighted by atomic mass is 35.5. The topological polar surface area (TPSA) is 36.2 Å². The van der Waals surface area contributed by atoms with Crippen LogP contribution in [0, 0.1) is 0 Å². The summed E-state index contributed by atoms with van der Waals surface area (Å²) in [7, 11) is 0. The summed E-state index contributed by atoms with van der Waals surface area (Å²) in [5.74, 6) is 0.903. The van der Waals surface area contributed by atoms with Crippen LogP contribution in [0.5, 0.6) is 5.75 Å². The first-order chi connectivity index (χ1) is 9.72. The largest absolute Gasteiger partial charge is 0.493 e. The molecule has 1 fully saturated rings. The molecular weight excluding hydrogens is 276 g/mol. The van der Waals surface area contributed by atoms with Crippen LogP contribution in [-0.2, 0) is 13.0 Å². The van der Waals surface area contributed by atoms with Gasteiger partial charge in [-0.1, -0.05) is 11.6 Å². The molecule has 2 heterocycles. The number of nitrogens with zero attached hydrogens (tertiary/aromatic N) is 2. The molecule has 0 radical (unpaired) electrons. The van der Waals surface area contributed by atoms with Crippen LogP contribution in [0.3, 0.4) is 0 Å². The summed E-state index contributed by atoms with van der Waals surface area (Å²) < 4.78 is 9.24. The molecule has 1 aromatic heterocycles. The zero-order valence-corrected chi connectivity index (χ0v) is 11.8. The summed E-state index contributed by atoms with van der Waals surface area (Å²) in [5.41, 5.74) is 2.18. The molecule has 104 valence electrons. The molecule has 0 amide bonds. The van der Waals surface area contributed by atoms with Gasteiger partial charge in [0, 0.05) is 35.4 Å². The summed E-state index contributed by atoms with van der Waals surface area (Å²) in [6, 6.07) is 4.25. The Balaban J connectivity index is 1.71. The molecule has 20 heavy (non-hydrogen) atoms. The van der Waals surface area contributed by atoms with Gasteiger partial charge >= 0.3 is 5.69 Å². The van der Waals surface area contributed by atoms with E-state index in [4.69, 9.17) is 16.3 Å². The minimum atomic E-state index is 0.0548. The lowest BCUT2D eigenvalue weighted by Crippen LogP contribution is -2.23. The Hall–Kier alpha value is -1.68. The number of hydrogen-bond acceptors (Lipinski definition) is 2. The van der Waals surface area contributed by atoms with Crippen LogP contribution in [0.15, 0.2) is 29.3 Å². The smallest absolute Gasteiger partial charge is 0.328 e. The highest BCUT2D eigenvalue weighted by Crippen LogP contribution is 2.34. The Kier molecular flexibility index (Phi) is 2.67.